The zero-order valence-corrected chi connectivity index (χ0v) is 19.1. The third kappa shape index (κ3) is 9.08. The third-order valence-electron chi connectivity index (χ3n) is 5.55. The standard InChI is InChI=1S/C15H10F6O.C10H18O3/c16-13(14(17,18)19)15(20,21)22-12-8-6-11(7-9-12)10-4-2-1-3-5-10;1-2-13-7-8-3-5-9(6-4-8)10(11)12/h1-9,13H;8-9H,2-7H2,1H3,(H,11,12). The van der Waals surface area contributed by atoms with Gasteiger partial charge in [-0.05, 0) is 61.8 Å². The first-order valence-corrected chi connectivity index (χ1v) is 11.2. The average molecular weight is 506 g/mol. The second-order valence-electron chi connectivity index (χ2n) is 8.17. The smallest absolute Gasteiger partial charge is 0.439 e. The van der Waals surface area contributed by atoms with Crippen LogP contribution in [0.3, 0.4) is 0 Å². The first-order valence-electron chi connectivity index (χ1n) is 11.2. The van der Waals surface area contributed by atoms with Crippen LogP contribution < -0.4 is 4.74 Å². The molecule has 0 aliphatic heterocycles. The Morgan fingerprint density at radius 2 is 1.49 bits per heavy atom. The number of benzene rings is 2. The Hall–Kier alpha value is -2.75. The van der Waals surface area contributed by atoms with E-state index in [0.29, 0.717) is 11.5 Å². The quantitative estimate of drug-likeness (QED) is 0.387. The molecule has 35 heavy (non-hydrogen) atoms. The number of carbonyl (C=O) groups is 1. The highest BCUT2D eigenvalue weighted by Crippen LogP contribution is 2.37. The molecule has 0 heterocycles. The summed E-state index contributed by atoms with van der Waals surface area (Å²) in [6.45, 7) is 3.56. The molecule has 10 heteroatoms. The molecule has 2 aromatic rings. The Morgan fingerprint density at radius 3 is 1.97 bits per heavy atom. The Balaban J connectivity index is 0.000000283. The maximum Gasteiger partial charge on any atom is 0.439 e. The van der Waals surface area contributed by atoms with Gasteiger partial charge in [0, 0.05) is 13.2 Å². The average Bonchev–Trinajstić information content (AvgIpc) is 2.83. The van der Waals surface area contributed by atoms with Crippen molar-refractivity contribution in [1.82, 2.24) is 0 Å². The molecule has 1 unspecified atom stereocenters. The van der Waals surface area contributed by atoms with E-state index in [2.05, 4.69) is 4.74 Å². The van der Waals surface area contributed by atoms with Crippen molar-refractivity contribution in [2.75, 3.05) is 13.2 Å². The van der Waals surface area contributed by atoms with Crippen LogP contribution in [0.5, 0.6) is 5.75 Å². The predicted octanol–water partition coefficient (Wildman–Crippen LogP) is 7.14. The minimum atomic E-state index is -5.70. The van der Waals surface area contributed by atoms with Crippen molar-refractivity contribution < 1.29 is 45.7 Å². The first-order chi connectivity index (χ1) is 16.4. The predicted molar refractivity (Wildman–Crippen MR) is 118 cm³/mol. The highest BCUT2D eigenvalue weighted by atomic mass is 19.4. The lowest BCUT2D eigenvalue weighted by Gasteiger charge is -2.25. The van der Waals surface area contributed by atoms with Gasteiger partial charge in [-0.3, -0.25) is 4.79 Å². The molecule has 0 bridgehead atoms. The minimum Gasteiger partial charge on any atom is -0.481 e. The first kappa shape index (κ1) is 28.5. The van der Waals surface area contributed by atoms with E-state index in [1.54, 1.807) is 30.3 Å². The highest BCUT2D eigenvalue weighted by molar-refractivity contribution is 5.70. The Bertz CT molecular complexity index is 894. The van der Waals surface area contributed by atoms with Gasteiger partial charge in [-0.1, -0.05) is 42.5 Å². The number of ether oxygens (including phenoxy) is 2. The lowest BCUT2D eigenvalue weighted by molar-refractivity contribution is -0.304. The van der Waals surface area contributed by atoms with Gasteiger partial charge in [0.05, 0.1) is 5.92 Å². The zero-order valence-electron chi connectivity index (χ0n) is 19.1. The van der Waals surface area contributed by atoms with Crippen LogP contribution in [0.4, 0.5) is 26.3 Å². The van der Waals surface area contributed by atoms with E-state index in [0.717, 1.165) is 56.6 Å². The molecule has 194 valence electrons. The second kappa shape index (κ2) is 12.8. The number of rotatable bonds is 8. The van der Waals surface area contributed by atoms with Crippen LogP contribution in [0.15, 0.2) is 54.6 Å². The fourth-order valence-electron chi connectivity index (χ4n) is 3.61. The molecule has 1 fully saturated rings. The number of hydrogen-bond acceptors (Lipinski definition) is 3. The number of carboxylic acids is 1. The lowest BCUT2D eigenvalue weighted by atomic mass is 9.82. The molecular weight excluding hydrogens is 478 g/mol. The van der Waals surface area contributed by atoms with E-state index in [1.807, 2.05) is 6.92 Å². The summed E-state index contributed by atoms with van der Waals surface area (Å²) >= 11 is 0. The summed E-state index contributed by atoms with van der Waals surface area (Å²) in [6.07, 6.45) is -11.4. The summed E-state index contributed by atoms with van der Waals surface area (Å²) in [5.41, 5.74) is 1.45. The van der Waals surface area contributed by atoms with Crippen LogP contribution >= 0.6 is 0 Å². The molecule has 4 nitrogen and oxygen atoms in total. The van der Waals surface area contributed by atoms with Gasteiger partial charge in [-0.25, -0.2) is 4.39 Å². The molecule has 3 rings (SSSR count). The van der Waals surface area contributed by atoms with Crippen molar-refractivity contribution in [2.45, 2.75) is 51.1 Å². The van der Waals surface area contributed by atoms with Crippen LogP contribution in [-0.2, 0) is 9.53 Å². The normalized spacial score (nSPS) is 19.3. The van der Waals surface area contributed by atoms with Gasteiger partial charge >= 0.3 is 18.3 Å². The second-order valence-corrected chi connectivity index (χ2v) is 8.17. The van der Waals surface area contributed by atoms with Crippen molar-refractivity contribution in [3.8, 4) is 16.9 Å². The van der Waals surface area contributed by atoms with Crippen LogP contribution in [0.1, 0.15) is 32.6 Å². The summed E-state index contributed by atoms with van der Waals surface area (Å²) in [7, 11) is 0. The minimum absolute atomic E-state index is 0.0992. The Morgan fingerprint density at radius 1 is 0.943 bits per heavy atom. The van der Waals surface area contributed by atoms with Gasteiger partial charge in [0.15, 0.2) is 0 Å². The lowest BCUT2D eigenvalue weighted by Crippen LogP contribution is -2.45. The molecule has 1 N–H and O–H groups in total. The van der Waals surface area contributed by atoms with Crippen LogP contribution in [0.2, 0.25) is 0 Å². The summed E-state index contributed by atoms with van der Waals surface area (Å²) < 4.78 is 84.1. The third-order valence-corrected chi connectivity index (χ3v) is 5.55. The highest BCUT2D eigenvalue weighted by Gasteiger charge is 2.59. The molecule has 1 saturated carbocycles. The number of aliphatic carboxylic acids is 1. The van der Waals surface area contributed by atoms with Crippen LogP contribution in [0, 0.1) is 11.8 Å². The number of carboxylic acid groups (broad SMARTS) is 1. The zero-order chi connectivity index (χ0) is 26.1. The SMILES string of the molecule is CCOCC1CCC(C(=O)O)CC1.FC(C(F)(F)F)C(F)(F)Oc1ccc(-c2ccccc2)cc1. The van der Waals surface area contributed by atoms with Gasteiger partial charge in [-0.15, -0.1) is 0 Å². The molecule has 1 aliphatic carbocycles. The van der Waals surface area contributed by atoms with E-state index in [-0.39, 0.29) is 5.92 Å². The Labute approximate surface area is 199 Å². The molecule has 0 spiro atoms. The number of alkyl halides is 6. The topological polar surface area (TPSA) is 55.8 Å². The van der Waals surface area contributed by atoms with E-state index in [4.69, 9.17) is 9.84 Å². The molecule has 0 radical (unpaired) electrons. The van der Waals surface area contributed by atoms with E-state index in [1.165, 1.54) is 12.1 Å². The molecule has 0 aromatic heterocycles. The van der Waals surface area contributed by atoms with Gasteiger partial charge in [0.25, 0.3) is 6.17 Å². The summed E-state index contributed by atoms with van der Waals surface area (Å²) in [6, 6.07) is 13.8. The monoisotopic (exact) mass is 506 g/mol. The van der Waals surface area contributed by atoms with Crippen molar-refractivity contribution in [3.63, 3.8) is 0 Å². The molecule has 0 saturated heterocycles. The maximum atomic E-state index is 13.1. The van der Waals surface area contributed by atoms with Crippen LogP contribution in [-0.4, -0.2) is 42.7 Å². The van der Waals surface area contributed by atoms with Gasteiger partial charge < -0.3 is 14.6 Å². The number of halogens is 6. The van der Waals surface area contributed by atoms with Crippen molar-refractivity contribution in [2.24, 2.45) is 11.8 Å². The van der Waals surface area contributed by atoms with E-state index in [9.17, 15) is 31.1 Å². The fraction of sp³-hybridized carbons (Fsp3) is 0.480. The molecule has 1 atom stereocenters. The van der Waals surface area contributed by atoms with Gasteiger partial charge in [0.1, 0.15) is 5.75 Å². The van der Waals surface area contributed by atoms with Gasteiger partial charge in [0.2, 0.25) is 0 Å². The van der Waals surface area contributed by atoms with Crippen LogP contribution in [0.25, 0.3) is 11.1 Å². The van der Waals surface area contributed by atoms with Crippen molar-refractivity contribution >= 4 is 5.97 Å². The molecule has 0 amide bonds. The summed E-state index contributed by atoms with van der Waals surface area (Å²) in [4.78, 5) is 10.6. The van der Waals surface area contributed by atoms with Gasteiger partial charge in [-0.2, -0.15) is 22.0 Å². The largest absolute Gasteiger partial charge is 0.481 e. The molecule has 2 aromatic carbocycles. The van der Waals surface area contributed by atoms with Crippen molar-refractivity contribution in [1.29, 1.82) is 0 Å². The van der Waals surface area contributed by atoms with Crippen molar-refractivity contribution in [3.05, 3.63) is 54.6 Å². The summed E-state index contributed by atoms with van der Waals surface area (Å²) in [5, 5.41) is 8.77. The number of hydrogen-bond donors (Lipinski definition) is 1. The molecule has 1 aliphatic rings. The molecular formula is C25H28F6O4. The Kier molecular flexibility index (Phi) is 10.4. The summed E-state index contributed by atoms with van der Waals surface area (Å²) in [5.74, 6) is -0.695. The maximum absolute atomic E-state index is 13.1. The van der Waals surface area contributed by atoms with E-state index < -0.39 is 30.2 Å². The fourth-order valence-corrected chi connectivity index (χ4v) is 3.61. The van der Waals surface area contributed by atoms with E-state index >= 15 is 0 Å².